The van der Waals surface area contributed by atoms with Gasteiger partial charge in [-0.25, -0.2) is 4.39 Å². The van der Waals surface area contributed by atoms with E-state index in [2.05, 4.69) is 5.32 Å². The fourth-order valence-electron chi connectivity index (χ4n) is 1.65. The predicted octanol–water partition coefficient (Wildman–Crippen LogP) is 5.05. The fraction of sp³-hybridized carbons (Fsp3) is 0.143. The van der Waals surface area contributed by atoms with Gasteiger partial charge in [-0.3, -0.25) is 0 Å². The number of rotatable bonds is 3. The minimum Gasteiger partial charge on any atom is -0.381 e. The van der Waals surface area contributed by atoms with Crippen molar-refractivity contribution in [2.45, 2.75) is 13.5 Å². The van der Waals surface area contributed by atoms with Crippen molar-refractivity contribution in [2.75, 3.05) is 5.32 Å². The van der Waals surface area contributed by atoms with Crippen LogP contribution < -0.4 is 5.32 Å². The maximum atomic E-state index is 13.3. The third-order valence-electron chi connectivity index (χ3n) is 2.73. The average molecular weight is 284 g/mol. The summed E-state index contributed by atoms with van der Waals surface area (Å²) in [5.74, 6) is -0.214. The summed E-state index contributed by atoms with van der Waals surface area (Å²) >= 11 is 11.8. The van der Waals surface area contributed by atoms with E-state index in [-0.39, 0.29) is 5.82 Å². The van der Waals surface area contributed by atoms with Gasteiger partial charge in [0, 0.05) is 17.8 Å². The van der Waals surface area contributed by atoms with E-state index in [9.17, 15) is 4.39 Å². The summed E-state index contributed by atoms with van der Waals surface area (Å²) in [6, 6.07) is 10.4. The van der Waals surface area contributed by atoms with Crippen molar-refractivity contribution in [2.24, 2.45) is 0 Å². The van der Waals surface area contributed by atoms with Gasteiger partial charge in [-0.1, -0.05) is 35.3 Å². The Balaban J connectivity index is 2.11. The quantitative estimate of drug-likeness (QED) is 0.831. The van der Waals surface area contributed by atoms with Gasteiger partial charge in [0.15, 0.2) is 0 Å². The molecule has 0 atom stereocenters. The van der Waals surface area contributed by atoms with Crippen LogP contribution in [0.1, 0.15) is 11.1 Å². The van der Waals surface area contributed by atoms with Gasteiger partial charge in [0.1, 0.15) is 5.82 Å². The van der Waals surface area contributed by atoms with Crippen molar-refractivity contribution in [3.63, 3.8) is 0 Å². The van der Waals surface area contributed by atoms with E-state index < -0.39 is 0 Å². The Kier molecular flexibility index (Phi) is 4.10. The number of hydrogen-bond acceptors (Lipinski definition) is 1. The van der Waals surface area contributed by atoms with Crippen molar-refractivity contribution in [3.05, 3.63) is 63.4 Å². The molecule has 0 radical (unpaired) electrons. The molecule has 0 spiro atoms. The topological polar surface area (TPSA) is 12.0 Å². The lowest BCUT2D eigenvalue weighted by atomic mass is 10.1. The average Bonchev–Trinajstić information content (AvgIpc) is 2.35. The molecule has 94 valence electrons. The molecule has 2 rings (SSSR count). The molecule has 0 saturated heterocycles. The lowest BCUT2D eigenvalue weighted by Crippen LogP contribution is -2.02. The van der Waals surface area contributed by atoms with E-state index in [0.29, 0.717) is 22.2 Å². The van der Waals surface area contributed by atoms with Crippen LogP contribution in [0.2, 0.25) is 10.0 Å². The van der Waals surface area contributed by atoms with Gasteiger partial charge in [0.05, 0.1) is 10.0 Å². The van der Waals surface area contributed by atoms with Gasteiger partial charge in [-0.2, -0.15) is 0 Å². The third-order valence-corrected chi connectivity index (χ3v) is 3.47. The monoisotopic (exact) mass is 283 g/mol. The number of hydrogen-bond donors (Lipinski definition) is 1. The minimum absolute atomic E-state index is 0.214. The zero-order valence-corrected chi connectivity index (χ0v) is 11.3. The van der Waals surface area contributed by atoms with Gasteiger partial charge in [0.25, 0.3) is 0 Å². The first-order valence-electron chi connectivity index (χ1n) is 5.51. The highest BCUT2D eigenvalue weighted by molar-refractivity contribution is 6.42. The Bertz CT molecular complexity index is 570. The summed E-state index contributed by atoms with van der Waals surface area (Å²) in [5, 5.41) is 4.23. The second-order valence-corrected chi connectivity index (χ2v) is 4.83. The molecule has 0 aromatic heterocycles. The summed E-state index contributed by atoms with van der Waals surface area (Å²) in [5.41, 5.74) is 2.38. The Morgan fingerprint density at radius 1 is 1.11 bits per heavy atom. The van der Waals surface area contributed by atoms with Crippen LogP contribution in [0, 0.1) is 12.7 Å². The van der Waals surface area contributed by atoms with Crippen LogP contribution in [-0.4, -0.2) is 0 Å². The predicted molar refractivity (Wildman–Crippen MR) is 74.9 cm³/mol. The highest BCUT2D eigenvalue weighted by Crippen LogP contribution is 2.24. The molecular formula is C14H12Cl2FN. The van der Waals surface area contributed by atoms with Crippen LogP contribution in [0.4, 0.5) is 10.1 Å². The van der Waals surface area contributed by atoms with E-state index >= 15 is 0 Å². The molecular weight excluding hydrogens is 272 g/mol. The molecule has 4 heteroatoms. The maximum Gasteiger partial charge on any atom is 0.128 e. The van der Waals surface area contributed by atoms with Crippen molar-refractivity contribution in [1.29, 1.82) is 0 Å². The van der Waals surface area contributed by atoms with Crippen molar-refractivity contribution in [3.8, 4) is 0 Å². The smallest absolute Gasteiger partial charge is 0.128 e. The lowest BCUT2D eigenvalue weighted by Gasteiger charge is -2.10. The Labute approximate surface area is 116 Å². The second kappa shape index (κ2) is 5.59. The van der Waals surface area contributed by atoms with E-state index in [4.69, 9.17) is 23.2 Å². The molecule has 0 amide bonds. The molecule has 1 nitrogen and oxygen atoms in total. The van der Waals surface area contributed by atoms with Gasteiger partial charge in [-0.15, -0.1) is 0 Å². The van der Waals surface area contributed by atoms with Crippen molar-refractivity contribution >= 4 is 28.9 Å². The van der Waals surface area contributed by atoms with Crippen LogP contribution >= 0.6 is 23.2 Å². The molecule has 0 unspecified atom stereocenters. The molecule has 1 N–H and O–H groups in total. The highest BCUT2D eigenvalue weighted by atomic mass is 35.5. The first kappa shape index (κ1) is 13.2. The van der Waals surface area contributed by atoms with Crippen molar-refractivity contribution < 1.29 is 4.39 Å². The Morgan fingerprint density at radius 2 is 1.89 bits per heavy atom. The molecule has 0 aliphatic rings. The molecule has 2 aromatic carbocycles. The highest BCUT2D eigenvalue weighted by Gasteiger charge is 2.04. The molecule has 0 fully saturated rings. The zero-order chi connectivity index (χ0) is 13.1. The fourth-order valence-corrected chi connectivity index (χ4v) is 1.97. The number of benzene rings is 2. The first-order chi connectivity index (χ1) is 8.58. The largest absolute Gasteiger partial charge is 0.381 e. The molecule has 18 heavy (non-hydrogen) atoms. The van der Waals surface area contributed by atoms with Crippen molar-refractivity contribution in [1.82, 2.24) is 0 Å². The summed E-state index contributed by atoms with van der Waals surface area (Å²) in [4.78, 5) is 0. The van der Waals surface area contributed by atoms with Crippen LogP contribution in [-0.2, 0) is 6.54 Å². The van der Waals surface area contributed by atoms with E-state index in [1.54, 1.807) is 25.1 Å². The van der Waals surface area contributed by atoms with E-state index in [0.717, 1.165) is 11.3 Å². The van der Waals surface area contributed by atoms with Crippen LogP contribution in [0.3, 0.4) is 0 Å². The lowest BCUT2D eigenvalue weighted by molar-refractivity contribution is 0.619. The molecule has 2 aromatic rings. The molecule has 0 bridgehead atoms. The first-order valence-corrected chi connectivity index (χ1v) is 6.26. The molecule has 0 saturated carbocycles. The van der Waals surface area contributed by atoms with Crippen LogP contribution in [0.5, 0.6) is 0 Å². The van der Waals surface area contributed by atoms with Gasteiger partial charge in [-0.05, 0) is 36.8 Å². The summed E-state index contributed by atoms with van der Waals surface area (Å²) in [6.45, 7) is 2.31. The number of nitrogens with one attached hydrogen (secondary N) is 1. The van der Waals surface area contributed by atoms with Gasteiger partial charge in [0.2, 0.25) is 0 Å². The van der Waals surface area contributed by atoms with Crippen LogP contribution in [0.15, 0.2) is 36.4 Å². The van der Waals surface area contributed by atoms with E-state index in [1.165, 1.54) is 6.07 Å². The van der Waals surface area contributed by atoms with Gasteiger partial charge >= 0.3 is 0 Å². The normalized spacial score (nSPS) is 10.4. The van der Waals surface area contributed by atoms with Crippen LogP contribution in [0.25, 0.3) is 0 Å². The zero-order valence-electron chi connectivity index (χ0n) is 9.81. The minimum atomic E-state index is -0.214. The summed E-state index contributed by atoms with van der Waals surface area (Å²) < 4.78 is 13.3. The second-order valence-electron chi connectivity index (χ2n) is 4.01. The number of anilines is 1. The standard InChI is InChI=1S/C14H12Cl2FN/c1-9-13(17)3-2-4-14(9)18-8-10-5-6-11(15)12(16)7-10/h2-7,18H,8H2,1H3. The van der Waals surface area contributed by atoms with E-state index in [1.807, 2.05) is 12.1 Å². The molecule has 0 aliphatic carbocycles. The SMILES string of the molecule is Cc1c(F)cccc1NCc1ccc(Cl)c(Cl)c1. The third kappa shape index (κ3) is 2.95. The summed E-state index contributed by atoms with van der Waals surface area (Å²) in [6.07, 6.45) is 0. The number of halogens is 3. The summed E-state index contributed by atoms with van der Waals surface area (Å²) in [7, 11) is 0. The Morgan fingerprint density at radius 3 is 2.61 bits per heavy atom. The molecule has 0 heterocycles. The Hall–Kier alpha value is -1.25. The molecule has 0 aliphatic heterocycles. The maximum absolute atomic E-state index is 13.3. The van der Waals surface area contributed by atoms with Gasteiger partial charge < -0.3 is 5.32 Å².